The topological polar surface area (TPSA) is 120 Å². The van der Waals surface area contributed by atoms with Crippen molar-refractivity contribution >= 4 is 16.0 Å². The second kappa shape index (κ2) is 9.25. The van der Waals surface area contributed by atoms with Crippen LogP contribution in [-0.4, -0.2) is 42.9 Å². The van der Waals surface area contributed by atoms with Gasteiger partial charge in [-0.3, -0.25) is 14.9 Å². The summed E-state index contributed by atoms with van der Waals surface area (Å²) in [7, 11) is -0.614. The van der Waals surface area contributed by atoms with Crippen LogP contribution in [0.3, 0.4) is 0 Å². The largest absolute Gasteiger partial charge is 0.480 e. The quantitative estimate of drug-likeness (QED) is 0.493. The number of aliphatic carboxylic acids is 1. The molecule has 1 heterocycles. The molecule has 3 aromatic rings. The average molecular weight is 442 g/mol. The number of hydrogen-bond donors (Lipinski definition) is 3. The van der Waals surface area contributed by atoms with E-state index >= 15 is 0 Å². The highest BCUT2D eigenvalue weighted by molar-refractivity contribution is 7.89. The van der Waals surface area contributed by atoms with Gasteiger partial charge in [0.25, 0.3) is 5.56 Å². The minimum Gasteiger partial charge on any atom is -0.480 e. The lowest BCUT2D eigenvalue weighted by Gasteiger charge is -2.15. The first-order chi connectivity index (χ1) is 14.7. The van der Waals surface area contributed by atoms with Gasteiger partial charge in [-0.1, -0.05) is 48.5 Å². The molecule has 0 bridgehead atoms. The molecule has 0 radical (unpaired) electrons. The molecule has 1 aromatic heterocycles. The Labute approximate surface area is 180 Å². The third kappa shape index (κ3) is 5.08. The molecule has 3 N–H and O–H groups in total. The summed E-state index contributed by atoms with van der Waals surface area (Å²) in [6.45, 7) is 0.0709. The SMILES string of the molecule is CN(C)S(=O)(=O)c1ccc(-c2ccc(CNC(C(=O)O)c3ccccc3)c(=O)[nH]2)cc1. The van der Waals surface area contributed by atoms with Crippen molar-refractivity contribution in [2.45, 2.75) is 17.5 Å². The summed E-state index contributed by atoms with van der Waals surface area (Å²) in [6.07, 6.45) is 0. The molecule has 3 rings (SSSR count). The summed E-state index contributed by atoms with van der Waals surface area (Å²) < 4.78 is 25.5. The van der Waals surface area contributed by atoms with E-state index in [-0.39, 0.29) is 17.0 Å². The maximum Gasteiger partial charge on any atom is 0.325 e. The Morgan fingerprint density at radius 3 is 2.23 bits per heavy atom. The van der Waals surface area contributed by atoms with E-state index < -0.39 is 22.0 Å². The second-order valence-corrected chi connectivity index (χ2v) is 9.25. The third-order valence-electron chi connectivity index (χ3n) is 4.81. The number of nitrogens with one attached hydrogen (secondary N) is 2. The number of carboxylic acid groups (broad SMARTS) is 1. The highest BCUT2D eigenvalue weighted by Crippen LogP contribution is 2.20. The summed E-state index contributed by atoms with van der Waals surface area (Å²) >= 11 is 0. The fourth-order valence-corrected chi connectivity index (χ4v) is 3.94. The Bertz CT molecular complexity index is 1220. The molecule has 2 aromatic carbocycles. The normalized spacial score (nSPS) is 12.6. The Hall–Kier alpha value is -3.27. The van der Waals surface area contributed by atoms with Gasteiger partial charge in [0.1, 0.15) is 6.04 Å². The zero-order valence-electron chi connectivity index (χ0n) is 17.1. The van der Waals surface area contributed by atoms with Crippen LogP contribution in [-0.2, 0) is 21.4 Å². The molecular weight excluding hydrogens is 418 g/mol. The number of pyridine rings is 1. The number of aromatic nitrogens is 1. The number of H-pyrrole nitrogens is 1. The van der Waals surface area contributed by atoms with Gasteiger partial charge in [0.2, 0.25) is 10.0 Å². The molecule has 0 aliphatic rings. The van der Waals surface area contributed by atoms with Gasteiger partial charge in [-0.15, -0.1) is 0 Å². The zero-order chi connectivity index (χ0) is 22.6. The van der Waals surface area contributed by atoms with Crippen molar-refractivity contribution in [1.82, 2.24) is 14.6 Å². The van der Waals surface area contributed by atoms with Crippen molar-refractivity contribution in [3.05, 3.63) is 88.2 Å². The fourth-order valence-electron chi connectivity index (χ4n) is 3.03. The van der Waals surface area contributed by atoms with Crippen molar-refractivity contribution in [1.29, 1.82) is 0 Å². The van der Waals surface area contributed by atoms with Crippen molar-refractivity contribution in [3.63, 3.8) is 0 Å². The van der Waals surface area contributed by atoms with Gasteiger partial charge in [-0.05, 0) is 29.3 Å². The van der Waals surface area contributed by atoms with E-state index in [1.54, 1.807) is 54.6 Å². The van der Waals surface area contributed by atoms with Crippen LogP contribution in [0.25, 0.3) is 11.3 Å². The zero-order valence-corrected chi connectivity index (χ0v) is 17.9. The van der Waals surface area contributed by atoms with Gasteiger partial charge in [0, 0.05) is 31.9 Å². The monoisotopic (exact) mass is 441 g/mol. The van der Waals surface area contributed by atoms with Gasteiger partial charge >= 0.3 is 5.97 Å². The van der Waals surface area contributed by atoms with E-state index in [9.17, 15) is 23.1 Å². The molecule has 0 amide bonds. The predicted octanol–water partition coefficient (Wildman–Crippen LogP) is 2.21. The van der Waals surface area contributed by atoms with Crippen LogP contribution in [0.2, 0.25) is 0 Å². The maximum absolute atomic E-state index is 12.5. The van der Waals surface area contributed by atoms with E-state index in [1.165, 1.54) is 26.2 Å². The van der Waals surface area contributed by atoms with Crippen LogP contribution >= 0.6 is 0 Å². The number of rotatable bonds is 8. The molecule has 0 spiro atoms. The summed E-state index contributed by atoms with van der Waals surface area (Å²) in [5.74, 6) is -1.04. The van der Waals surface area contributed by atoms with Crippen molar-refractivity contribution < 1.29 is 18.3 Å². The molecule has 0 fully saturated rings. The standard InChI is InChI=1S/C22H23N3O5S/c1-25(2)31(29,30)18-11-8-15(9-12-18)19-13-10-17(21(26)24-19)14-23-20(22(27)28)16-6-4-3-5-7-16/h3-13,20,23H,14H2,1-2H3,(H,24,26)(H,27,28). The molecule has 1 unspecified atom stereocenters. The van der Waals surface area contributed by atoms with Crippen molar-refractivity contribution in [2.24, 2.45) is 0 Å². The van der Waals surface area contributed by atoms with Gasteiger partial charge in [0.15, 0.2) is 0 Å². The number of nitrogens with zero attached hydrogens (tertiary/aromatic N) is 1. The van der Waals surface area contributed by atoms with E-state index in [0.29, 0.717) is 22.4 Å². The highest BCUT2D eigenvalue weighted by Gasteiger charge is 2.19. The highest BCUT2D eigenvalue weighted by atomic mass is 32.2. The van der Waals surface area contributed by atoms with Crippen LogP contribution in [0.5, 0.6) is 0 Å². The van der Waals surface area contributed by atoms with Gasteiger partial charge in [0.05, 0.1) is 4.90 Å². The Morgan fingerprint density at radius 1 is 1.03 bits per heavy atom. The van der Waals surface area contributed by atoms with Gasteiger partial charge in [-0.25, -0.2) is 12.7 Å². The van der Waals surface area contributed by atoms with Crippen molar-refractivity contribution in [2.75, 3.05) is 14.1 Å². The lowest BCUT2D eigenvalue weighted by Crippen LogP contribution is -2.30. The molecule has 31 heavy (non-hydrogen) atoms. The van der Waals surface area contributed by atoms with E-state index in [1.807, 2.05) is 0 Å². The summed E-state index contributed by atoms with van der Waals surface area (Å²) in [5.41, 5.74) is 1.81. The van der Waals surface area contributed by atoms with Crippen molar-refractivity contribution in [3.8, 4) is 11.3 Å². The van der Waals surface area contributed by atoms with E-state index in [4.69, 9.17) is 0 Å². The minimum absolute atomic E-state index is 0.0709. The minimum atomic E-state index is -3.53. The van der Waals surface area contributed by atoms with E-state index in [0.717, 1.165) is 4.31 Å². The van der Waals surface area contributed by atoms with E-state index in [2.05, 4.69) is 10.3 Å². The number of benzene rings is 2. The average Bonchev–Trinajstić information content (AvgIpc) is 2.75. The number of sulfonamides is 1. The first-order valence-corrected chi connectivity index (χ1v) is 10.9. The van der Waals surface area contributed by atoms with Crippen LogP contribution in [0, 0.1) is 0 Å². The molecule has 9 heteroatoms. The van der Waals surface area contributed by atoms with Crippen LogP contribution in [0.4, 0.5) is 0 Å². The van der Waals surface area contributed by atoms with Gasteiger partial charge in [-0.2, -0.15) is 0 Å². The van der Waals surface area contributed by atoms with Crippen LogP contribution in [0.15, 0.2) is 76.4 Å². The summed E-state index contributed by atoms with van der Waals surface area (Å²) in [4.78, 5) is 27.0. The molecule has 8 nitrogen and oxygen atoms in total. The molecule has 0 saturated carbocycles. The molecule has 0 aliphatic heterocycles. The summed E-state index contributed by atoms with van der Waals surface area (Å²) in [6, 6.07) is 17.3. The molecular formula is C22H23N3O5S. The molecule has 162 valence electrons. The number of hydrogen-bond acceptors (Lipinski definition) is 5. The number of carbonyl (C=O) groups is 1. The third-order valence-corrected chi connectivity index (χ3v) is 6.64. The number of aromatic amines is 1. The van der Waals surface area contributed by atoms with Crippen LogP contribution in [0.1, 0.15) is 17.2 Å². The maximum atomic E-state index is 12.5. The molecule has 1 atom stereocenters. The van der Waals surface area contributed by atoms with Gasteiger partial charge < -0.3 is 10.1 Å². The summed E-state index contributed by atoms with van der Waals surface area (Å²) in [5, 5.41) is 12.4. The lowest BCUT2D eigenvalue weighted by atomic mass is 10.1. The lowest BCUT2D eigenvalue weighted by molar-refractivity contribution is -0.139. The second-order valence-electron chi connectivity index (χ2n) is 7.10. The number of carboxylic acids is 1. The molecule has 0 aliphatic carbocycles. The Morgan fingerprint density at radius 2 is 1.68 bits per heavy atom. The van der Waals surface area contributed by atoms with Crippen LogP contribution < -0.4 is 10.9 Å². The predicted molar refractivity (Wildman–Crippen MR) is 117 cm³/mol. The fraction of sp³-hybridized carbons (Fsp3) is 0.182. The molecule has 0 saturated heterocycles. The Kier molecular flexibility index (Phi) is 6.69. The Balaban J connectivity index is 1.77. The first-order valence-electron chi connectivity index (χ1n) is 9.46. The first kappa shape index (κ1) is 22.4. The smallest absolute Gasteiger partial charge is 0.325 e.